The van der Waals surface area contributed by atoms with Gasteiger partial charge in [0.1, 0.15) is 12.6 Å². The zero-order valence-corrected chi connectivity index (χ0v) is 26.5. The Morgan fingerprint density at radius 3 is 2.27 bits per heavy atom. The molecule has 0 aliphatic carbocycles. The number of carbonyl (C=O) groups excluding carboxylic acids is 2. The van der Waals surface area contributed by atoms with E-state index in [1.807, 2.05) is 45.0 Å². The molecule has 0 aliphatic heterocycles. The maximum absolute atomic E-state index is 14.0. The highest BCUT2D eigenvalue weighted by atomic mass is 79.9. The van der Waals surface area contributed by atoms with Gasteiger partial charge in [-0.15, -0.1) is 0 Å². The maximum Gasteiger partial charge on any atom is 0.264 e. The van der Waals surface area contributed by atoms with E-state index < -0.39 is 28.5 Å². The third-order valence-electron chi connectivity index (χ3n) is 6.81. The number of nitrogens with one attached hydrogen (secondary N) is 1. The summed E-state index contributed by atoms with van der Waals surface area (Å²) in [6.07, 6.45) is 0.731. The third-order valence-corrected chi connectivity index (χ3v) is 9.48. The Kier molecular flexibility index (Phi) is 10.8. The Morgan fingerprint density at radius 2 is 1.65 bits per heavy atom. The van der Waals surface area contributed by atoms with Crippen LogP contribution in [0.15, 0.2) is 76.1 Å². The van der Waals surface area contributed by atoms with Gasteiger partial charge in [-0.05, 0) is 81.6 Å². The molecule has 0 fully saturated rings. The van der Waals surface area contributed by atoms with Crippen molar-refractivity contribution in [3.63, 3.8) is 0 Å². The summed E-state index contributed by atoms with van der Waals surface area (Å²) in [6.45, 7) is 8.67. The zero-order valence-electron chi connectivity index (χ0n) is 23.3. The summed E-state index contributed by atoms with van der Waals surface area (Å²) in [4.78, 5) is 28.7. The molecular formula is C30H35BrClN3O4S. The van der Waals surface area contributed by atoms with Crippen LogP contribution in [0.2, 0.25) is 5.02 Å². The van der Waals surface area contributed by atoms with Crippen LogP contribution in [-0.2, 0) is 26.2 Å². The van der Waals surface area contributed by atoms with E-state index in [9.17, 15) is 18.0 Å². The highest BCUT2D eigenvalue weighted by Crippen LogP contribution is 2.31. The minimum atomic E-state index is -4.17. The number of rotatable bonds is 11. The molecule has 0 aliphatic rings. The van der Waals surface area contributed by atoms with Crippen LogP contribution in [0.5, 0.6) is 0 Å². The largest absolute Gasteiger partial charge is 0.352 e. The van der Waals surface area contributed by atoms with E-state index in [1.54, 1.807) is 44.2 Å². The first-order valence-electron chi connectivity index (χ1n) is 13.0. The number of halogens is 2. The Morgan fingerprint density at radius 1 is 1.00 bits per heavy atom. The second-order valence-electron chi connectivity index (χ2n) is 9.85. The lowest BCUT2D eigenvalue weighted by molar-refractivity contribution is -0.139. The van der Waals surface area contributed by atoms with Crippen LogP contribution in [0.25, 0.3) is 0 Å². The van der Waals surface area contributed by atoms with Crippen molar-refractivity contribution in [3.05, 3.63) is 92.9 Å². The van der Waals surface area contributed by atoms with Gasteiger partial charge in [0.15, 0.2) is 0 Å². The number of carbonyl (C=O) groups is 2. The predicted molar refractivity (Wildman–Crippen MR) is 164 cm³/mol. The first kappa shape index (κ1) is 31.6. The molecule has 2 atom stereocenters. The highest BCUT2D eigenvalue weighted by Gasteiger charge is 2.33. The van der Waals surface area contributed by atoms with Gasteiger partial charge < -0.3 is 10.2 Å². The van der Waals surface area contributed by atoms with Crippen LogP contribution < -0.4 is 9.62 Å². The Bertz CT molecular complexity index is 1460. The molecule has 0 heterocycles. The van der Waals surface area contributed by atoms with Crippen LogP contribution in [0.1, 0.15) is 43.9 Å². The van der Waals surface area contributed by atoms with Gasteiger partial charge in [0.05, 0.1) is 10.6 Å². The topological polar surface area (TPSA) is 86.8 Å². The number of aryl methyl sites for hydroxylation is 1. The van der Waals surface area contributed by atoms with E-state index in [2.05, 4.69) is 21.2 Å². The van der Waals surface area contributed by atoms with E-state index in [1.165, 1.54) is 17.0 Å². The van der Waals surface area contributed by atoms with Gasteiger partial charge in [-0.1, -0.05) is 70.3 Å². The fourth-order valence-electron chi connectivity index (χ4n) is 4.10. The lowest BCUT2D eigenvalue weighted by Gasteiger charge is -2.33. The van der Waals surface area contributed by atoms with Crippen LogP contribution in [0.3, 0.4) is 0 Å². The lowest BCUT2D eigenvalue weighted by atomic mass is 10.1. The fraction of sp³-hybridized carbons (Fsp3) is 0.333. The first-order valence-corrected chi connectivity index (χ1v) is 15.6. The van der Waals surface area contributed by atoms with E-state index in [0.29, 0.717) is 16.3 Å². The van der Waals surface area contributed by atoms with Crippen LogP contribution in [0.4, 0.5) is 5.69 Å². The number of benzene rings is 3. The zero-order chi connectivity index (χ0) is 29.6. The molecule has 3 aromatic carbocycles. The molecule has 0 saturated heterocycles. The Balaban J connectivity index is 2.07. The van der Waals surface area contributed by atoms with Gasteiger partial charge in [0.2, 0.25) is 11.8 Å². The van der Waals surface area contributed by atoms with Crippen molar-refractivity contribution < 1.29 is 18.0 Å². The monoisotopic (exact) mass is 647 g/mol. The summed E-state index contributed by atoms with van der Waals surface area (Å²) in [5, 5.41) is 3.31. The van der Waals surface area contributed by atoms with Gasteiger partial charge in [-0.2, -0.15) is 0 Å². The number of anilines is 1. The van der Waals surface area contributed by atoms with Crippen molar-refractivity contribution in [2.24, 2.45) is 0 Å². The van der Waals surface area contributed by atoms with E-state index in [-0.39, 0.29) is 23.4 Å². The van der Waals surface area contributed by atoms with E-state index in [4.69, 9.17) is 11.6 Å². The number of amides is 2. The minimum Gasteiger partial charge on any atom is -0.352 e. The summed E-state index contributed by atoms with van der Waals surface area (Å²) < 4.78 is 29.9. The van der Waals surface area contributed by atoms with E-state index in [0.717, 1.165) is 26.3 Å². The molecule has 3 aromatic rings. The van der Waals surface area contributed by atoms with Crippen molar-refractivity contribution in [1.82, 2.24) is 10.2 Å². The second-order valence-corrected chi connectivity index (χ2v) is 13.0. The molecule has 0 bridgehead atoms. The summed E-state index contributed by atoms with van der Waals surface area (Å²) >= 11 is 9.83. The third kappa shape index (κ3) is 7.65. The van der Waals surface area contributed by atoms with Crippen molar-refractivity contribution in [2.45, 2.75) is 64.6 Å². The smallest absolute Gasteiger partial charge is 0.264 e. The van der Waals surface area contributed by atoms with Crippen LogP contribution >= 0.6 is 27.5 Å². The molecule has 1 N–H and O–H groups in total. The number of hydrogen-bond donors (Lipinski definition) is 1. The highest BCUT2D eigenvalue weighted by molar-refractivity contribution is 9.10. The predicted octanol–water partition coefficient (Wildman–Crippen LogP) is 6.25. The summed E-state index contributed by atoms with van der Waals surface area (Å²) in [5.74, 6) is -0.841. The van der Waals surface area contributed by atoms with Crippen LogP contribution in [0, 0.1) is 13.8 Å². The molecule has 0 saturated carbocycles. The van der Waals surface area contributed by atoms with Gasteiger partial charge in [0, 0.05) is 22.1 Å². The second kappa shape index (κ2) is 13.7. The molecular weight excluding hydrogens is 614 g/mol. The summed E-state index contributed by atoms with van der Waals surface area (Å²) in [5.41, 5.74) is 2.51. The maximum atomic E-state index is 14.0. The van der Waals surface area contributed by atoms with Gasteiger partial charge in [-0.3, -0.25) is 13.9 Å². The molecule has 7 nitrogen and oxygen atoms in total. The lowest BCUT2D eigenvalue weighted by Crippen LogP contribution is -2.52. The summed E-state index contributed by atoms with van der Waals surface area (Å²) in [6, 6.07) is 17.9. The Hall–Kier alpha value is -2.88. The van der Waals surface area contributed by atoms with Crippen LogP contribution in [-0.4, -0.2) is 43.8 Å². The number of hydrogen-bond acceptors (Lipinski definition) is 4. The van der Waals surface area contributed by atoms with Crippen molar-refractivity contribution in [2.75, 3.05) is 10.8 Å². The first-order chi connectivity index (χ1) is 18.8. The average molecular weight is 649 g/mol. The average Bonchev–Trinajstić information content (AvgIpc) is 2.91. The molecule has 0 spiro atoms. The summed E-state index contributed by atoms with van der Waals surface area (Å²) in [7, 11) is -4.17. The molecule has 0 unspecified atom stereocenters. The van der Waals surface area contributed by atoms with Crippen molar-refractivity contribution in [3.8, 4) is 0 Å². The molecule has 10 heteroatoms. The van der Waals surface area contributed by atoms with Gasteiger partial charge in [-0.25, -0.2) is 8.42 Å². The molecule has 0 radical (unpaired) electrons. The van der Waals surface area contributed by atoms with Gasteiger partial charge >= 0.3 is 0 Å². The van der Waals surface area contributed by atoms with Gasteiger partial charge in [0.25, 0.3) is 10.0 Å². The quantitative estimate of drug-likeness (QED) is 0.267. The standard InChI is InChI=1S/C30H35BrClN3O4S/c1-6-21(3)33-30(37)23(5)34(18-24-9-7-10-25(31)17-24)29(36)19-35(28-12-8-11-27(32)22(28)4)40(38,39)26-15-13-20(2)14-16-26/h7-17,21,23H,6,18-19H2,1-5H3,(H,33,37)/t21-,23+/m0/s1. The number of sulfonamides is 1. The van der Waals surface area contributed by atoms with Crippen molar-refractivity contribution >= 4 is 55.1 Å². The Labute approximate surface area is 250 Å². The number of nitrogens with zero attached hydrogens (tertiary/aromatic N) is 2. The SMILES string of the molecule is CC[C@H](C)NC(=O)[C@@H](C)N(Cc1cccc(Br)c1)C(=O)CN(c1cccc(Cl)c1C)S(=O)(=O)c1ccc(C)cc1. The molecule has 40 heavy (non-hydrogen) atoms. The fourth-order valence-corrected chi connectivity index (χ4v) is 6.19. The molecule has 0 aromatic heterocycles. The minimum absolute atomic E-state index is 0.0476. The van der Waals surface area contributed by atoms with Crippen molar-refractivity contribution in [1.29, 1.82) is 0 Å². The normalized spacial score (nSPS) is 12.9. The van der Waals surface area contributed by atoms with E-state index >= 15 is 0 Å². The molecule has 214 valence electrons. The molecule has 2 amide bonds. The molecule has 3 rings (SSSR count).